The van der Waals surface area contributed by atoms with Crippen molar-refractivity contribution in [1.82, 2.24) is 0 Å². The van der Waals surface area contributed by atoms with Gasteiger partial charge in [0.15, 0.2) is 0 Å². The quantitative estimate of drug-likeness (QED) is 0.293. The fourth-order valence-electron chi connectivity index (χ4n) is 3.17. The van der Waals surface area contributed by atoms with Crippen LogP contribution in [-0.2, 0) is 11.8 Å². The van der Waals surface area contributed by atoms with E-state index >= 15 is 0 Å². The fourth-order valence-corrected chi connectivity index (χ4v) is 3.17. The summed E-state index contributed by atoms with van der Waals surface area (Å²) < 4.78 is 85.7. The molecule has 29 heavy (non-hydrogen) atoms. The minimum atomic E-state index is -5.70. The predicted octanol–water partition coefficient (Wildman–Crippen LogP) is 6.66. The number of hydrogen-bond donors (Lipinski definition) is 1. The molecular weight excluding hydrogens is 394 g/mol. The Morgan fingerprint density at radius 2 is 1.72 bits per heavy atom. The molecule has 0 aliphatic carbocycles. The lowest BCUT2D eigenvalue weighted by atomic mass is 9.71. The van der Waals surface area contributed by atoms with E-state index in [2.05, 4.69) is 11.7 Å². The van der Waals surface area contributed by atoms with Crippen molar-refractivity contribution < 1.29 is 26.3 Å². The maximum absolute atomic E-state index is 14.3. The number of hydrogen-bond acceptors (Lipinski definition) is 2. The summed E-state index contributed by atoms with van der Waals surface area (Å²) in [6, 6.07) is 3.07. The van der Waals surface area contributed by atoms with E-state index in [1.54, 1.807) is 6.92 Å². The molecule has 0 aromatic heterocycles. The first kappa shape index (κ1) is 24.4. The van der Waals surface area contributed by atoms with E-state index in [0.717, 1.165) is 30.5 Å². The molecular formula is C21H22F6N2. The maximum Gasteiger partial charge on any atom is 0.411 e. The van der Waals surface area contributed by atoms with Crippen LogP contribution in [0.1, 0.15) is 30.5 Å². The number of rotatable bonds is 7. The highest BCUT2D eigenvalue weighted by Gasteiger charge is 2.73. The molecule has 158 valence electrons. The summed E-state index contributed by atoms with van der Waals surface area (Å²) in [7, 11) is 0. The molecule has 0 saturated heterocycles. The summed E-state index contributed by atoms with van der Waals surface area (Å²) in [4.78, 5) is 3.40. The average molecular weight is 416 g/mol. The molecule has 0 bridgehead atoms. The van der Waals surface area contributed by atoms with Crippen LogP contribution in [0.3, 0.4) is 0 Å². The van der Waals surface area contributed by atoms with Gasteiger partial charge in [0.05, 0.1) is 0 Å². The largest absolute Gasteiger partial charge is 0.411 e. The van der Waals surface area contributed by atoms with Crippen molar-refractivity contribution in [3.05, 3.63) is 70.5 Å². The number of aliphatic imine (C=N–C) groups is 1. The van der Waals surface area contributed by atoms with Crippen molar-refractivity contribution in [1.29, 1.82) is 5.41 Å². The lowest BCUT2D eigenvalue weighted by molar-refractivity contribution is -0.288. The van der Waals surface area contributed by atoms with Crippen molar-refractivity contribution in [2.45, 2.75) is 45.0 Å². The van der Waals surface area contributed by atoms with Crippen LogP contribution in [0.4, 0.5) is 26.3 Å². The monoisotopic (exact) mass is 416 g/mol. The zero-order valence-corrected chi connectivity index (χ0v) is 16.2. The number of aryl methyl sites for hydroxylation is 2. The molecule has 0 heterocycles. The molecule has 0 aliphatic heterocycles. The Morgan fingerprint density at radius 1 is 1.14 bits per heavy atom. The van der Waals surface area contributed by atoms with Crippen molar-refractivity contribution in [3.63, 3.8) is 0 Å². The van der Waals surface area contributed by atoms with Gasteiger partial charge in [-0.25, -0.2) is 0 Å². The Bertz CT molecular complexity index is 828. The summed E-state index contributed by atoms with van der Waals surface area (Å²) in [5, 5.41) is 7.02. The number of halogens is 6. The highest BCUT2D eigenvalue weighted by Crippen LogP contribution is 2.57. The Balaban J connectivity index is 4.13. The molecule has 0 atom stereocenters. The Kier molecular flexibility index (Phi) is 7.77. The van der Waals surface area contributed by atoms with Crippen molar-refractivity contribution in [2.24, 2.45) is 4.99 Å². The third-order valence-corrected chi connectivity index (χ3v) is 4.49. The van der Waals surface area contributed by atoms with Crippen LogP contribution < -0.4 is 0 Å². The molecule has 0 aliphatic rings. The molecule has 1 N–H and O–H groups in total. The Morgan fingerprint density at radius 3 is 2.14 bits per heavy atom. The zero-order valence-electron chi connectivity index (χ0n) is 16.2. The molecule has 1 aromatic rings. The molecule has 0 unspecified atom stereocenters. The number of nitrogens with zero attached hydrogens (tertiary/aromatic N) is 1. The lowest BCUT2D eigenvalue weighted by Gasteiger charge is -2.39. The van der Waals surface area contributed by atoms with Gasteiger partial charge in [0.1, 0.15) is 0 Å². The molecule has 1 rings (SSSR count). The summed E-state index contributed by atoms with van der Waals surface area (Å²) >= 11 is 0. The second-order valence-electron chi connectivity index (χ2n) is 6.42. The second-order valence-corrected chi connectivity index (χ2v) is 6.42. The number of alkyl halides is 6. The normalized spacial score (nSPS) is 14.4. The van der Waals surface area contributed by atoms with Gasteiger partial charge in [-0.2, -0.15) is 26.3 Å². The van der Waals surface area contributed by atoms with Crippen LogP contribution in [0.15, 0.2) is 58.8 Å². The Labute approximate surface area is 165 Å². The highest BCUT2D eigenvalue weighted by molar-refractivity contribution is 5.69. The van der Waals surface area contributed by atoms with Crippen LogP contribution in [0, 0.1) is 12.3 Å². The molecule has 0 spiro atoms. The van der Waals surface area contributed by atoms with Gasteiger partial charge >= 0.3 is 12.4 Å². The molecule has 0 amide bonds. The first-order valence-corrected chi connectivity index (χ1v) is 8.62. The minimum absolute atomic E-state index is 0.0457. The second kappa shape index (κ2) is 9.24. The summed E-state index contributed by atoms with van der Waals surface area (Å²) in [5.41, 5.74) is -5.26. The lowest BCUT2D eigenvalue weighted by Crippen LogP contribution is -2.55. The van der Waals surface area contributed by atoms with Crippen molar-refractivity contribution in [3.8, 4) is 0 Å². The van der Waals surface area contributed by atoms with E-state index < -0.39 is 28.9 Å². The van der Waals surface area contributed by atoms with Gasteiger partial charge in [-0.05, 0) is 60.9 Å². The number of allylic oxidation sites excluding steroid dienone is 5. The molecule has 0 fully saturated rings. The predicted molar refractivity (Wildman–Crippen MR) is 104 cm³/mol. The molecule has 2 nitrogen and oxygen atoms in total. The van der Waals surface area contributed by atoms with Crippen molar-refractivity contribution >= 4 is 12.9 Å². The van der Waals surface area contributed by atoms with Crippen molar-refractivity contribution in [2.75, 3.05) is 0 Å². The van der Waals surface area contributed by atoms with E-state index in [-0.39, 0.29) is 5.57 Å². The number of benzene rings is 1. The van der Waals surface area contributed by atoms with E-state index in [0.29, 0.717) is 29.8 Å². The van der Waals surface area contributed by atoms with Crippen LogP contribution in [0.5, 0.6) is 0 Å². The van der Waals surface area contributed by atoms with E-state index in [1.807, 2.05) is 0 Å². The van der Waals surface area contributed by atoms with Crippen LogP contribution in [0.25, 0.3) is 0 Å². The number of nitrogens with one attached hydrogen (secondary N) is 1. The van der Waals surface area contributed by atoms with Gasteiger partial charge in [-0.15, -0.1) is 0 Å². The molecule has 1 aromatic carbocycles. The SMILES string of the molecule is C=N\C=C(C)/C=C(\C=C/C=N)C(c1ccc(CC)c(C)c1)(C(F)(F)F)C(F)(F)F. The van der Waals surface area contributed by atoms with Crippen LogP contribution >= 0.6 is 0 Å². The van der Waals surface area contributed by atoms with E-state index in [4.69, 9.17) is 5.41 Å². The smallest absolute Gasteiger partial charge is 0.309 e. The van der Waals surface area contributed by atoms with Gasteiger partial charge in [0.2, 0.25) is 5.41 Å². The maximum atomic E-state index is 14.3. The third kappa shape index (κ3) is 4.86. The summed E-state index contributed by atoms with van der Waals surface area (Å²) in [5.74, 6) is 0. The van der Waals surface area contributed by atoms with Gasteiger partial charge < -0.3 is 5.41 Å². The van der Waals surface area contributed by atoms with Gasteiger partial charge in [0, 0.05) is 12.4 Å². The first-order chi connectivity index (χ1) is 13.4. The van der Waals surface area contributed by atoms with Gasteiger partial charge in [0.25, 0.3) is 0 Å². The molecule has 8 heteroatoms. The Hall–Kier alpha value is -2.64. The fraction of sp³-hybridized carbons (Fsp3) is 0.333. The van der Waals surface area contributed by atoms with Gasteiger partial charge in [-0.1, -0.05) is 37.3 Å². The summed E-state index contributed by atoms with van der Waals surface area (Å²) in [6.07, 6.45) is -7.03. The topological polar surface area (TPSA) is 36.2 Å². The highest BCUT2D eigenvalue weighted by atomic mass is 19.4. The summed E-state index contributed by atoms with van der Waals surface area (Å²) in [6.45, 7) is 7.72. The molecule has 0 saturated carbocycles. The van der Waals surface area contributed by atoms with Crippen LogP contribution in [0.2, 0.25) is 0 Å². The van der Waals surface area contributed by atoms with Crippen LogP contribution in [-0.4, -0.2) is 25.3 Å². The first-order valence-electron chi connectivity index (χ1n) is 8.62. The minimum Gasteiger partial charge on any atom is -0.309 e. The van der Waals surface area contributed by atoms with E-state index in [1.165, 1.54) is 19.9 Å². The average Bonchev–Trinajstić information content (AvgIpc) is 2.57. The van der Waals surface area contributed by atoms with Gasteiger partial charge in [-0.3, -0.25) is 4.99 Å². The zero-order chi connectivity index (χ0) is 22.5. The molecule has 0 radical (unpaired) electrons. The standard InChI is InChI=1S/C21H22F6N2/c1-5-16-8-9-18(12-15(16)3)19(20(22,23)24,21(25,26)27)17(7-6-10-28)11-14(2)13-29-4/h6-13,28H,4-5H2,1-3H3/b7-6-,14-13-,17-11+,28-10?. The third-order valence-electron chi connectivity index (χ3n) is 4.49. The van der Waals surface area contributed by atoms with E-state index in [9.17, 15) is 26.3 Å².